The molecule has 1 amide bonds. The minimum Gasteiger partial charge on any atom is -0.382 e. The zero-order chi connectivity index (χ0) is 28.0. The van der Waals surface area contributed by atoms with Gasteiger partial charge in [-0.15, -0.1) is 0 Å². The van der Waals surface area contributed by atoms with E-state index in [4.69, 9.17) is 0 Å². The molecule has 39 heavy (non-hydrogen) atoms. The summed E-state index contributed by atoms with van der Waals surface area (Å²) < 4.78 is 37.6. The molecule has 214 valence electrons. The largest absolute Gasteiger partial charge is 0.446 e. The average Bonchev–Trinajstić information content (AvgIpc) is 3.13. The summed E-state index contributed by atoms with van der Waals surface area (Å²) in [6.45, 7) is 12.9. The van der Waals surface area contributed by atoms with Crippen LogP contribution < -0.4 is 10.2 Å². The maximum Gasteiger partial charge on any atom is 0.446 e. The summed E-state index contributed by atoms with van der Waals surface area (Å²) in [7, 11) is 0. The van der Waals surface area contributed by atoms with Gasteiger partial charge in [0.05, 0.1) is 0 Å². The number of hydrogen-bond donors (Lipinski definition) is 1. The second-order valence-electron chi connectivity index (χ2n) is 11.6. The maximum absolute atomic E-state index is 12.9. The van der Waals surface area contributed by atoms with Gasteiger partial charge < -0.3 is 20.0 Å². The molecule has 1 N–H and O–H groups in total. The number of alkyl halides is 3. The molecule has 0 spiro atoms. The molecule has 0 bridgehead atoms. The Bertz CT molecular complexity index is 1060. The Morgan fingerprint density at radius 3 is 2.18 bits per heavy atom. The lowest BCUT2D eigenvalue weighted by Crippen LogP contribution is -2.43. The highest BCUT2D eigenvalue weighted by molar-refractivity contribution is 8.00. The molecule has 4 rings (SSSR count). The summed E-state index contributed by atoms with van der Waals surface area (Å²) in [6.07, 6.45) is 3.29. The number of benzene rings is 2. The Morgan fingerprint density at radius 2 is 1.56 bits per heavy atom. The summed E-state index contributed by atoms with van der Waals surface area (Å²) in [5.41, 5.74) is -0.694. The number of nitrogens with one attached hydrogen (secondary N) is 1. The number of likely N-dealkylation sites (tertiary alicyclic amines) is 1. The molecular formula is C30H41F3N4OS. The molecule has 0 radical (unpaired) electrons. The van der Waals surface area contributed by atoms with Crippen LogP contribution in [-0.4, -0.2) is 73.1 Å². The molecular weight excluding hydrogens is 521 g/mol. The van der Waals surface area contributed by atoms with Crippen molar-refractivity contribution in [2.45, 2.75) is 68.3 Å². The quantitative estimate of drug-likeness (QED) is 0.385. The van der Waals surface area contributed by atoms with Crippen molar-refractivity contribution in [2.24, 2.45) is 0 Å². The van der Waals surface area contributed by atoms with Crippen LogP contribution in [0.5, 0.6) is 0 Å². The van der Waals surface area contributed by atoms with Crippen LogP contribution in [0.3, 0.4) is 0 Å². The molecule has 0 atom stereocenters. The van der Waals surface area contributed by atoms with Crippen molar-refractivity contribution in [2.75, 3.05) is 56.0 Å². The van der Waals surface area contributed by atoms with E-state index >= 15 is 0 Å². The second kappa shape index (κ2) is 12.9. The highest BCUT2D eigenvalue weighted by Gasteiger charge is 2.29. The lowest BCUT2D eigenvalue weighted by atomic mass is 9.87. The van der Waals surface area contributed by atoms with Crippen LogP contribution >= 0.6 is 11.8 Å². The fourth-order valence-corrected chi connectivity index (χ4v) is 5.84. The van der Waals surface area contributed by atoms with Crippen LogP contribution in [0.4, 0.5) is 24.5 Å². The third-order valence-electron chi connectivity index (χ3n) is 7.64. The van der Waals surface area contributed by atoms with Crippen LogP contribution in [0.15, 0.2) is 53.4 Å². The molecule has 9 heteroatoms. The first-order valence-corrected chi connectivity index (χ1v) is 14.8. The first-order valence-electron chi connectivity index (χ1n) is 13.9. The Balaban J connectivity index is 1.16. The van der Waals surface area contributed by atoms with E-state index in [-0.39, 0.29) is 34.0 Å². The van der Waals surface area contributed by atoms with Crippen molar-refractivity contribution in [1.82, 2.24) is 9.80 Å². The van der Waals surface area contributed by atoms with Gasteiger partial charge in [-0.1, -0.05) is 32.9 Å². The van der Waals surface area contributed by atoms with Crippen LogP contribution in [-0.2, 0) is 10.2 Å². The van der Waals surface area contributed by atoms with Gasteiger partial charge in [0.1, 0.15) is 0 Å². The molecule has 2 heterocycles. The zero-order valence-corrected chi connectivity index (χ0v) is 24.1. The average molecular weight is 563 g/mol. The van der Waals surface area contributed by atoms with Crippen molar-refractivity contribution < 1.29 is 18.0 Å². The summed E-state index contributed by atoms with van der Waals surface area (Å²) in [6, 6.07) is 15.5. The summed E-state index contributed by atoms with van der Waals surface area (Å²) in [5, 5.41) is 3.41. The number of amides is 1. The monoisotopic (exact) mass is 562 g/mol. The molecule has 2 fully saturated rings. The standard InChI is InChI=1S/C30H41F3N4OS/c1-29(2,3)23-5-9-26(10-6-23)36-17-4-16-35(21-22-36)18-15-28(38)37-19-13-25(14-20-37)34-24-7-11-27(12-8-24)39-30(31,32)33/h5-12,25,34H,4,13-22H2,1-3H3. The highest BCUT2D eigenvalue weighted by atomic mass is 32.2. The predicted molar refractivity (Wildman–Crippen MR) is 155 cm³/mol. The van der Waals surface area contributed by atoms with Gasteiger partial charge in [0, 0.05) is 68.0 Å². The molecule has 0 unspecified atom stereocenters. The SMILES string of the molecule is CC(C)(C)c1ccc(N2CCCN(CCC(=O)N3CCC(Nc4ccc(SC(F)(F)F)cc4)CC3)CC2)cc1. The topological polar surface area (TPSA) is 38.8 Å². The Kier molecular flexibility index (Phi) is 9.75. The fraction of sp³-hybridized carbons (Fsp3) is 0.567. The number of thioether (sulfide) groups is 1. The minimum atomic E-state index is -4.28. The number of halogens is 3. The van der Waals surface area contributed by atoms with Crippen molar-refractivity contribution in [1.29, 1.82) is 0 Å². The number of anilines is 2. The molecule has 2 aliphatic rings. The lowest BCUT2D eigenvalue weighted by molar-refractivity contribution is -0.132. The molecule has 2 aromatic carbocycles. The number of nitrogens with zero attached hydrogens (tertiary/aromatic N) is 3. The Morgan fingerprint density at radius 1 is 0.897 bits per heavy atom. The molecule has 5 nitrogen and oxygen atoms in total. The minimum absolute atomic E-state index is 0.103. The molecule has 0 saturated carbocycles. The number of hydrogen-bond acceptors (Lipinski definition) is 5. The van der Waals surface area contributed by atoms with Crippen LogP contribution in [0.2, 0.25) is 0 Å². The van der Waals surface area contributed by atoms with Crippen molar-refractivity contribution in [3.8, 4) is 0 Å². The van der Waals surface area contributed by atoms with Gasteiger partial charge in [-0.2, -0.15) is 13.2 Å². The van der Waals surface area contributed by atoms with Crippen molar-refractivity contribution >= 4 is 29.0 Å². The maximum atomic E-state index is 12.9. The third kappa shape index (κ3) is 9.07. The summed E-state index contributed by atoms with van der Waals surface area (Å²) in [5.74, 6) is 0.209. The van der Waals surface area contributed by atoms with Gasteiger partial charge in [0.25, 0.3) is 0 Å². The number of carbonyl (C=O) groups excluding carboxylic acids is 1. The van der Waals surface area contributed by atoms with E-state index in [1.54, 1.807) is 12.1 Å². The van der Waals surface area contributed by atoms with Gasteiger partial charge in [0.2, 0.25) is 5.91 Å². The third-order valence-corrected chi connectivity index (χ3v) is 8.37. The number of piperidine rings is 1. The van der Waals surface area contributed by atoms with Crippen LogP contribution in [0, 0.1) is 0 Å². The van der Waals surface area contributed by atoms with E-state index in [0.717, 1.165) is 57.7 Å². The summed E-state index contributed by atoms with van der Waals surface area (Å²) >= 11 is -0.103. The van der Waals surface area contributed by atoms with Gasteiger partial charge in [0.15, 0.2) is 0 Å². The second-order valence-corrected chi connectivity index (χ2v) is 12.7. The number of carbonyl (C=O) groups is 1. The van der Waals surface area contributed by atoms with Gasteiger partial charge >= 0.3 is 5.51 Å². The molecule has 0 aliphatic carbocycles. The van der Waals surface area contributed by atoms with Crippen LogP contribution in [0.1, 0.15) is 52.0 Å². The van der Waals surface area contributed by atoms with E-state index in [0.29, 0.717) is 19.5 Å². The van der Waals surface area contributed by atoms with E-state index in [1.807, 2.05) is 4.90 Å². The smallest absolute Gasteiger partial charge is 0.382 e. The number of rotatable bonds is 7. The zero-order valence-electron chi connectivity index (χ0n) is 23.3. The van der Waals surface area contributed by atoms with Gasteiger partial charge in [-0.05, 0) is 84.9 Å². The van der Waals surface area contributed by atoms with E-state index < -0.39 is 5.51 Å². The van der Waals surface area contributed by atoms with E-state index in [2.05, 4.69) is 60.2 Å². The van der Waals surface area contributed by atoms with Crippen molar-refractivity contribution in [3.63, 3.8) is 0 Å². The van der Waals surface area contributed by atoms with E-state index in [1.165, 1.54) is 23.4 Å². The molecule has 2 aliphatic heterocycles. The first-order chi connectivity index (χ1) is 18.5. The Hall–Kier alpha value is -2.39. The highest BCUT2D eigenvalue weighted by Crippen LogP contribution is 2.37. The van der Waals surface area contributed by atoms with Gasteiger partial charge in [-0.25, -0.2) is 0 Å². The molecule has 0 aromatic heterocycles. The molecule has 2 saturated heterocycles. The predicted octanol–water partition coefficient (Wildman–Crippen LogP) is 6.60. The van der Waals surface area contributed by atoms with Crippen molar-refractivity contribution in [3.05, 3.63) is 54.1 Å². The van der Waals surface area contributed by atoms with Gasteiger partial charge in [-0.3, -0.25) is 4.79 Å². The normalized spacial score (nSPS) is 18.2. The lowest BCUT2D eigenvalue weighted by Gasteiger charge is -2.33. The summed E-state index contributed by atoms with van der Waals surface area (Å²) in [4.78, 5) is 19.9. The van der Waals surface area contributed by atoms with Crippen LogP contribution in [0.25, 0.3) is 0 Å². The molecule has 2 aromatic rings. The first kappa shape index (κ1) is 29.6. The fourth-order valence-electron chi connectivity index (χ4n) is 5.30. The van der Waals surface area contributed by atoms with E-state index in [9.17, 15) is 18.0 Å². The Labute approximate surface area is 235 Å².